The molecule has 2 aromatic rings. The minimum atomic E-state index is -0.714. The van der Waals surface area contributed by atoms with Gasteiger partial charge in [0.05, 0.1) is 20.3 Å². The molecule has 1 heterocycles. The molecule has 21 heavy (non-hydrogen) atoms. The van der Waals surface area contributed by atoms with E-state index >= 15 is 0 Å². The van der Waals surface area contributed by atoms with E-state index in [0.29, 0.717) is 17.9 Å². The van der Waals surface area contributed by atoms with E-state index < -0.39 is 6.10 Å². The Balaban J connectivity index is 2.28. The first-order valence-electron chi connectivity index (χ1n) is 6.56. The summed E-state index contributed by atoms with van der Waals surface area (Å²) in [5, 5.41) is 14.6. The molecule has 0 aliphatic heterocycles. The Morgan fingerprint density at radius 1 is 1.29 bits per heavy atom. The minimum Gasteiger partial charge on any atom is -0.493 e. The molecule has 1 aromatic heterocycles. The monoisotopic (exact) mass is 355 g/mol. The fourth-order valence-corrected chi connectivity index (χ4v) is 2.71. The number of benzene rings is 1. The third-order valence-electron chi connectivity index (χ3n) is 3.23. The normalized spacial score (nSPS) is 12.2. The van der Waals surface area contributed by atoms with Crippen LogP contribution in [0.4, 0.5) is 0 Å². The second kappa shape index (κ2) is 6.91. The topological polar surface area (TPSA) is 69.4 Å². The van der Waals surface area contributed by atoms with E-state index in [2.05, 4.69) is 26.0 Å². The first-order chi connectivity index (χ1) is 10.1. The van der Waals surface area contributed by atoms with Gasteiger partial charge in [-0.3, -0.25) is 4.68 Å². The Hall–Kier alpha value is -1.60. The van der Waals surface area contributed by atoms with Crippen LogP contribution < -0.4 is 9.47 Å². The quantitative estimate of drug-likeness (QED) is 0.861. The van der Waals surface area contributed by atoms with E-state index in [1.807, 2.05) is 6.92 Å². The fraction of sp³-hybridized carbons (Fsp3) is 0.429. The van der Waals surface area contributed by atoms with Gasteiger partial charge >= 0.3 is 0 Å². The van der Waals surface area contributed by atoms with Crippen LogP contribution in [0, 0.1) is 0 Å². The van der Waals surface area contributed by atoms with Crippen LogP contribution >= 0.6 is 15.9 Å². The van der Waals surface area contributed by atoms with Gasteiger partial charge in [-0.2, -0.15) is 5.10 Å². The molecule has 0 saturated carbocycles. The molecule has 0 aliphatic carbocycles. The number of nitrogens with zero attached hydrogens (tertiary/aromatic N) is 3. The van der Waals surface area contributed by atoms with Crippen LogP contribution in [-0.2, 0) is 13.0 Å². The summed E-state index contributed by atoms with van der Waals surface area (Å²) in [4.78, 5) is 4.18. The highest BCUT2D eigenvalue weighted by Crippen LogP contribution is 2.36. The highest BCUT2D eigenvalue weighted by atomic mass is 79.9. The van der Waals surface area contributed by atoms with Crippen molar-refractivity contribution >= 4 is 15.9 Å². The van der Waals surface area contributed by atoms with E-state index in [4.69, 9.17) is 9.47 Å². The van der Waals surface area contributed by atoms with Crippen LogP contribution in [0.25, 0.3) is 0 Å². The van der Waals surface area contributed by atoms with Crippen LogP contribution in [0.3, 0.4) is 0 Å². The lowest BCUT2D eigenvalue weighted by Crippen LogP contribution is -2.10. The van der Waals surface area contributed by atoms with Crippen molar-refractivity contribution in [3.05, 3.63) is 34.3 Å². The fourth-order valence-electron chi connectivity index (χ4n) is 2.12. The predicted octanol–water partition coefficient (Wildman–Crippen LogP) is 2.35. The number of aromatic nitrogens is 3. The molecule has 1 aromatic carbocycles. The van der Waals surface area contributed by atoms with Crippen LogP contribution in [0.1, 0.15) is 24.4 Å². The largest absolute Gasteiger partial charge is 0.493 e. The van der Waals surface area contributed by atoms with Crippen LogP contribution in [0.15, 0.2) is 22.9 Å². The molecule has 1 atom stereocenters. The number of ether oxygens (including phenoxy) is 2. The Kier molecular flexibility index (Phi) is 5.19. The minimum absolute atomic E-state index is 0.377. The lowest BCUT2D eigenvalue weighted by Gasteiger charge is -2.16. The van der Waals surface area contributed by atoms with Crippen molar-refractivity contribution in [3.8, 4) is 11.5 Å². The smallest absolute Gasteiger partial charge is 0.161 e. The molecule has 0 fully saturated rings. The van der Waals surface area contributed by atoms with Gasteiger partial charge in [-0.15, -0.1) is 0 Å². The average Bonchev–Trinajstić information content (AvgIpc) is 2.93. The zero-order valence-corrected chi connectivity index (χ0v) is 13.8. The zero-order chi connectivity index (χ0) is 15.4. The summed E-state index contributed by atoms with van der Waals surface area (Å²) < 4.78 is 13.0. The number of hydrogen-bond donors (Lipinski definition) is 1. The highest BCUT2D eigenvalue weighted by molar-refractivity contribution is 9.10. The SMILES string of the molecule is CCn1ncnc1CC(O)c1cc(OC)c(OC)cc1Br. The Morgan fingerprint density at radius 3 is 2.57 bits per heavy atom. The van der Waals surface area contributed by atoms with Crippen molar-refractivity contribution in [1.82, 2.24) is 14.8 Å². The van der Waals surface area contributed by atoms with E-state index in [1.54, 1.807) is 31.0 Å². The standard InChI is InChI=1S/C14H18BrN3O3/c1-4-18-14(16-8-17-18)7-11(19)9-5-12(20-2)13(21-3)6-10(9)15/h5-6,8,11,19H,4,7H2,1-3H3. The first kappa shape index (κ1) is 15.8. The van der Waals surface area contributed by atoms with E-state index in [9.17, 15) is 5.11 Å². The molecule has 7 heteroatoms. The molecule has 0 aliphatic rings. The van der Waals surface area contributed by atoms with Crippen molar-refractivity contribution in [3.63, 3.8) is 0 Å². The van der Waals surface area contributed by atoms with Crippen molar-refractivity contribution < 1.29 is 14.6 Å². The van der Waals surface area contributed by atoms with Gasteiger partial charge in [0, 0.05) is 17.4 Å². The van der Waals surface area contributed by atoms with Gasteiger partial charge in [0.2, 0.25) is 0 Å². The van der Waals surface area contributed by atoms with Gasteiger partial charge in [0.25, 0.3) is 0 Å². The number of methoxy groups -OCH3 is 2. The van der Waals surface area contributed by atoms with Gasteiger partial charge < -0.3 is 14.6 Å². The molecule has 0 saturated heterocycles. The van der Waals surface area contributed by atoms with E-state index in [-0.39, 0.29) is 0 Å². The molecule has 0 spiro atoms. The van der Waals surface area contributed by atoms with Gasteiger partial charge in [0.15, 0.2) is 11.5 Å². The van der Waals surface area contributed by atoms with Crippen molar-refractivity contribution in [2.24, 2.45) is 0 Å². The van der Waals surface area contributed by atoms with Crippen LogP contribution in [0.5, 0.6) is 11.5 Å². The van der Waals surface area contributed by atoms with Gasteiger partial charge in [0.1, 0.15) is 12.2 Å². The highest BCUT2D eigenvalue weighted by Gasteiger charge is 2.18. The van der Waals surface area contributed by atoms with Crippen LogP contribution in [-0.4, -0.2) is 34.1 Å². The molecule has 1 N–H and O–H groups in total. The molecule has 1 unspecified atom stereocenters. The molecule has 6 nitrogen and oxygen atoms in total. The number of aliphatic hydroxyl groups excluding tert-OH is 1. The first-order valence-corrected chi connectivity index (χ1v) is 7.36. The van der Waals surface area contributed by atoms with Crippen molar-refractivity contribution in [2.45, 2.75) is 26.0 Å². The summed E-state index contributed by atoms with van der Waals surface area (Å²) in [7, 11) is 3.14. The van der Waals surface area contributed by atoms with Crippen LogP contribution in [0.2, 0.25) is 0 Å². The third kappa shape index (κ3) is 3.36. The lowest BCUT2D eigenvalue weighted by atomic mass is 10.1. The summed E-state index contributed by atoms with van der Waals surface area (Å²) in [5.41, 5.74) is 0.721. The summed E-state index contributed by atoms with van der Waals surface area (Å²) in [6.07, 6.45) is 1.16. The Labute approximate surface area is 131 Å². The van der Waals surface area contributed by atoms with Crippen molar-refractivity contribution in [1.29, 1.82) is 0 Å². The maximum atomic E-state index is 10.5. The average molecular weight is 356 g/mol. The summed E-state index contributed by atoms with van der Waals surface area (Å²) >= 11 is 3.45. The van der Waals surface area contributed by atoms with Gasteiger partial charge in [-0.25, -0.2) is 4.98 Å². The zero-order valence-electron chi connectivity index (χ0n) is 12.2. The number of rotatable bonds is 6. The molecule has 114 valence electrons. The third-order valence-corrected chi connectivity index (χ3v) is 3.92. The second-order valence-electron chi connectivity index (χ2n) is 4.44. The number of aryl methyl sites for hydroxylation is 1. The molecular formula is C14H18BrN3O3. The second-order valence-corrected chi connectivity index (χ2v) is 5.29. The maximum absolute atomic E-state index is 10.5. The van der Waals surface area contributed by atoms with Gasteiger partial charge in [-0.05, 0) is 24.6 Å². The predicted molar refractivity (Wildman–Crippen MR) is 81.6 cm³/mol. The number of hydrogen-bond acceptors (Lipinski definition) is 5. The summed E-state index contributed by atoms with van der Waals surface area (Å²) in [5.74, 6) is 1.93. The Morgan fingerprint density at radius 2 is 1.95 bits per heavy atom. The number of halogens is 1. The van der Waals surface area contributed by atoms with Crippen molar-refractivity contribution in [2.75, 3.05) is 14.2 Å². The Bertz CT molecular complexity index is 616. The van der Waals surface area contributed by atoms with Gasteiger partial charge in [-0.1, -0.05) is 15.9 Å². The summed E-state index contributed by atoms with van der Waals surface area (Å²) in [6, 6.07) is 3.54. The molecule has 0 bridgehead atoms. The lowest BCUT2D eigenvalue weighted by molar-refractivity contribution is 0.172. The molecule has 0 amide bonds. The van der Waals surface area contributed by atoms with E-state index in [1.165, 1.54) is 6.33 Å². The maximum Gasteiger partial charge on any atom is 0.161 e. The number of aliphatic hydroxyl groups is 1. The molecule has 2 rings (SSSR count). The molecule has 0 radical (unpaired) electrons. The molecular weight excluding hydrogens is 338 g/mol. The van der Waals surface area contributed by atoms with E-state index in [0.717, 1.165) is 22.4 Å². The summed E-state index contributed by atoms with van der Waals surface area (Å²) in [6.45, 7) is 2.70.